The van der Waals surface area contributed by atoms with Crippen LogP contribution < -0.4 is 10.0 Å². The maximum absolute atomic E-state index is 13.2. The maximum Gasteiger partial charge on any atom is 0.264 e. The number of nitrogens with one attached hydrogen (secondary N) is 2. The number of hydrogen-bond acceptors (Lipinski definition) is 7. The fourth-order valence-corrected chi connectivity index (χ4v) is 5.43. The van der Waals surface area contributed by atoms with E-state index in [0.717, 1.165) is 22.9 Å². The summed E-state index contributed by atoms with van der Waals surface area (Å²) in [5.74, 6) is -0.515. The number of benzene rings is 3. The van der Waals surface area contributed by atoms with E-state index in [9.17, 15) is 18.3 Å². The molecule has 1 aromatic heterocycles. The summed E-state index contributed by atoms with van der Waals surface area (Å²) < 4.78 is 37.1. The van der Waals surface area contributed by atoms with Crippen LogP contribution in [0.2, 0.25) is 5.02 Å². The van der Waals surface area contributed by atoms with Gasteiger partial charge in [0.1, 0.15) is 15.9 Å². The molecular weight excluding hydrogens is 496 g/mol. The van der Waals surface area contributed by atoms with Crippen LogP contribution in [0.5, 0.6) is 0 Å². The molecule has 1 unspecified atom stereocenters. The van der Waals surface area contributed by atoms with E-state index in [-0.39, 0.29) is 28.3 Å². The van der Waals surface area contributed by atoms with Crippen LogP contribution >= 0.6 is 23.3 Å². The summed E-state index contributed by atoms with van der Waals surface area (Å²) in [6.45, 7) is 1.50. The van der Waals surface area contributed by atoms with E-state index in [4.69, 9.17) is 11.6 Å². The molecule has 4 aromatic rings. The van der Waals surface area contributed by atoms with Gasteiger partial charge in [0.15, 0.2) is 0 Å². The zero-order chi connectivity index (χ0) is 24.3. The molecule has 3 N–H and O–H groups in total. The van der Waals surface area contributed by atoms with Gasteiger partial charge in [0.05, 0.1) is 35.6 Å². The number of nitrogens with zero attached hydrogens (tertiary/aromatic N) is 2. The first-order chi connectivity index (χ1) is 16.3. The summed E-state index contributed by atoms with van der Waals surface area (Å²) in [7, 11) is -4.06. The van der Waals surface area contributed by atoms with E-state index in [1.54, 1.807) is 49.4 Å². The molecular formula is C23H21ClN4O4S2. The first-order valence-electron chi connectivity index (χ1n) is 10.3. The van der Waals surface area contributed by atoms with Gasteiger partial charge >= 0.3 is 0 Å². The van der Waals surface area contributed by atoms with Crippen molar-refractivity contribution < 1.29 is 18.3 Å². The van der Waals surface area contributed by atoms with E-state index in [0.29, 0.717) is 17.0 Å². The molecule has 176 valence electrons. The van der Waals surface area contributed by atoms with Gasteiger partial charge in [0.25, 0.3) is 15.9 Å². The third-order valence-electron chi connectivity index (χ3n) is 5.15. The molecule has 0 aliphatic rings. The Morgan fingerprint density at radius 2 is 1.88 bits per heavy atom. The van der Waals surface area contributed by atoms with Gasteiger partial charge < -0.3 is 10.4 Å². The third-order valence-corrected chi connectivity index (χ3v) is 7.35. The quantitative estimate of drug-likeness (QED) is 0.327. The number of hydrogen-bond donors (Lipinski definition) is 3. The van der Waals surface area contributed by atoms with Gasteiger partial charge in [0.2, 0.25) is 0 Å². The van der Waals surface area contributed by atoms with Gasteiger partial charge in [-0.3, -0.25) is 9.52 Å². The molecule has 3 aromatic carbocycles. The van der Waals surface area contributed by atoms with Gasteiger partial charge in [0, 0.05) is 5.02 Å². The van der Waals surface area contributed by atoms with E-state index in [1.165, 1.54) is 6.07 Å². The highest BCUT2D eigenvalue weighted by Crippen LogP contribution is 2.26. The van der Waals surface area contributed by atoms with Crippen LogP contribution in [0, 0.1) is 6.92 Å². The van der Waals surface area contributed by atoms with Crippen molar-refractivity contribution in [1.29, 1.82) is 0 Å². The lowest BCUT2D eigenvalue weighted by atomic mass is 10.0. The van der Waals surface area contributed by atoms with Crippen molar-refractivity contribution in [1.82, 2.24) is 14.1 Å². The fourth-order valence-electron chi connectivity index (χ4n) is 3.47. The molecule has 0 radical (unpaired) electrons. The number of carbonyl (C=O) groups excluding carboxylic acids is 1. The lowest BCUT2D eigenvalue weighted by Crippen LogP contribution is -2.39. The SMILES string of the molecule is Cc1ccc(C(=O)NC(CO)Cc2ccc(Cl)cc2)c(NS(=O)(=O)c2cccc3nsnc23)c1. The minimum atomic E-state index is -4.06. The van der Waals surface area contributed by atoms with Crippen molar-refractivity contribution >= 4 is 56.0 Å². The Balaban J connectivity index is 1.59. The number of sulfonamides is 1. The Hall–Kier alpha value is -3.05. The predicted molar refractivity (Wildman–Crippen MR) is 133 cm³/mol. The maximum atomic E-state index is 13.2. The average molecular weight is 517 g/mol. The summed E-state index contributed by atoms with van der Waals surface area (Å²) >= 11 is 6.84. The third kappa shape index (κ3) is 5.36. The van der Waals surface area contributed by atoms with Crippen LogP contribution in [0.15, 0.2) is 65.6 Å². The summed E-state index contributed by atoms with van der Waals surface area (Å²) in [6, 6.07) is 16.1. The van der Waals surface area contributed by atoms with Crippen LogP contribution in [0.1, 0.15) is 21.5 Å². The van der Waals surface area contributed by atoms with Crippen LogP contribution in [0.3, 0.4) is 0 Å². The van der Waals surface area contributed by atoms with E-state index >= 15 is 0 Å². The zero-order valence-corrected chi connectivity index (χ0v) is 20.4. The van der Waals surface area contributed by atoms with Crippen molar-refractivity contribution in [3.05, 3.63) is 82.4 Å². The highest BCUT2D eigenvalue weighted by Gasteiger charge is 2.23. The first-order valence-corrected chi connectivity index (χ1v) is 12.9. The first kappa shape index (κ1) is 24.1. The normalized spacial score (nSPS) is 12.4. The molecule has 11 heteroatoms. The number of anilines is 1. The van der Waals surface area contributed by atoms with Gasteiger partial charge in [-0.05, 0) is 60.9 Å². The number of amides is 1. The molecule has 0 spiro atoms. The molecule has 0 aliphatic carbocycles. The van der Waals surface area contributed by atoms with E-state index in [1.807, 2.05) is 12.1 Å². The number of aliphatic hydroxyl groups is 1. The number of rotatable bonds is 8. The summed E-state index contributed by atoms with van der Waals surface area (Å²) in [5.41, 5.74) is 2.65. The predicted octanol–water partition coefficient (Wildman–Crippen LogP) is 3.79. The number of aromatic nitrogens is 2. The molecule has 0 fully saturated rings. The number of aliphatic hydroxyl groups excluding tert-OH is 1. The Morgan fingerprint density at radius 3 is 2.62 bits per heavy atom. The topological polar surface area (TPSA) is 121 Å². The Morgan fingerprint density at radius 1 is 1.12 bits per heavy atom. The Labute approximate surface area is 206 Å². The summed E-state index contributed by atoms with van der Waals surface area (Å²) in [5, 5.41) is 13.2. The largest absolute Gasteiger partial charge is 0.394 e. The second-order valence-corrected chi connectivity index (χ2v) is 10.3. The lowest BCUT2D eigenvalue weighted by Gasteiger charge is -2.19. The smallest absolute Gasteiger partial charge is 0.264 e. The van der Waals surface area contributed by atoms with Crippen molar-refractivity contribution in [2.24, 2.45) is 0 Å². The fraction of sp³-hybridized carbons (Fsp3) is 0.174. The van der Waals surface area contributed by atoms with Crippen LogP contribution in [0.25, 0.3) is 11.0 Å². The van der Waals surface area contributed by atoms with Gasteiger partial charge in [-0.15, -0.1) is 0 Å². The molecule has 4 rings (SSSR count). The standard InChI is InChI=1S/C23H21ClN4O4S2/c1-14-5-10-18(23(30)25-17(13-29)12-15-6-8-16(24)9-7-15)20(11-14)28-34(31,32)21-4-2-3-19-22(21)27-33-26-19/h2-11,17,28-29H,12-13H2,1H3,(H,25,30). The highest BCUT2D eigenvalue weighted by atomic mass is 35.5. The van der Waals surface area contributed by atoms with E-state index < -0.39 is 22.0 Å². The monoisotopic (exact) mass is 516 g/mol. The second kappa shape index (κ2) is 10.1. The molecule has 0 aliphatic heterocycles. The van der Waals surface area contributed by atoms with Crippen molar-refractivity contribution in [2.75, 3.05) is 11.3 Å². The van der Waals surface area contributed by atoms with Crippen LogP contribution in [-0.2, 0) is 16.4 Å². The minimum absolute atomic E-state index is 0.0254. The Kier molecular flexibility index (Phi) is 7.13. The zero-order valence-electron chi connectivity index (χ0n) is 18.0. The summed E-state index contributed by atoms with van der Waals surface area (Å²) in [4.78, 5) is 13.1. The molecule has 1 amide bonds. The number of fused-ring (bicyclic) bond motifs is 1. The van der Waals surface area contributed by atoms with Crippen molar-refractivity contribution in [3.8, 4) is 0 Å². The molecule has 0 bridgehead atoms. The number of aryl methyl sites for hydroxylation is 1. The van der Waals surface area contributed by atoms with Crippen molar-refractivity contribution in [2.45, 2.75) is 24.3 Å². The Bertz CT molecular complexity index is 1440. The summed E-state index contributed by atoms with van der Waals surface area (Å²) in [6.07, 6.45) is 0.380. The lowest BCUT2D eigenvalue weighted by molar-refractivity contribution is 0.0917. The molecule has 8 nitrogen and oxygen atoms in total. The minimum Gasteiger partial charge on any atom is -0.394 e. The van der Waals surface area contributed by atoms with Gasteiger partial charge in [-0.25, -0.2) is 8.42 Å². The molecule has 0 saturated heterocycles. The van der Waals surface area contributed by atoms with Crippen LogP contribution in [0.4, 0.5) is 5.69 Å². The second-order valence-electron chi connectivity index (χ2n) is 7.73. The average Bonchev–Trinajstić information content (AvgIpc) is 3.28. The molecule has 1 atom stereocenters. The number of halogens is 1. The van der Waals surface area contributed by atoms with Gasteiger partial charge in [-0.1, -0.05) is 35.9 Å². The highest BCUT2D eigenvalue weighted by molar-refractivity contribution is 7.93. The van der Waals surface area contributed by atoms with Crippen molar-refractivity contribution in [3.63, 3.8) is 0 Å². The number of carbonyl (C=O) groups is 1. The molecule has 0 saturated carbocycles. The molecule has 34 heavy (non-hydrogen) atoms. The van der Waals surface area contributed by atoms with E-state index in [2.05, 4.69) is 18.8 Å². The van der Waals surface area contributed by atoms with Gasteiger partial charge in [-0.2, -0.15) is 8.75 Å². The van der Waals surface area contributed by atoms with Crippen LogP contribution in [-0.4, -0.2) is 40.8 Å². The molecule has 1 heterocycles.